The van der Waals surface area contributed by atoms with Gasteiger partial charge in [0.25, 0.3) is 0 Å². The van der Waals surface area contributed by atoms with Gasteiger partial charge in [0.1, 0.15) is 0 Å². The molecule has 3 heteroatoms. The fourth-order valence-corrected chi connectivity index (χ4v) is 3.70. The van der Waals surface area contributed by atoms with Crippen LogP contribution in [0.15, 0.2) is 0 Å². The minimum absolute atomic E-state index is 0.311. The summed E-state index contributed by atoms with van der Waals surface area (Å²) in [4.78, 5) is 5.30. The molecule has 0 saturated carbocycles. The van der Waals surface area contributed by atoms with Crippen LogP contribution >= 0.6 is 0 Å². The molecule has 1 atom stereocenters. The molecule has 0 aromatic rings. The van der Waals surface area contributed by atoms with Crippen molar-refractivity contribution < 1.29 is 0 Å². The van der Waals surface area contributed by atoms with Crippen LogP contribution in [0, 0.1) is 0 Å². The van der Waals surface area contributed by atoms with E-state index in [0.29, 0.717) is 5.54 Å². The lowest BCUT2D eigenvalue weighted by Gasteiger charge is -2.52. The van der Waals surface area contributed by atoms with Gasteiger partial charge in [0.2, 0.25) is 0 Å². The van der Waals surface area contributed by atoms with E-state index < -0.39 is 0 Å². The normalized spacial score (nSPS) is 31.6. The molecule has 2 rings (SSSR count). The van der Waals surface area contributed by atoms with E-state index in [4.69, 9.17) is 5.73 Å². The van der Waals surface area contributed by atoms with E-state index in [1.807, 2.05) is 0 Å². The van der Waals surface area contributed by atoms with Gasteiger partial charge in [-0.1, -0.05) is 13.3 Å². The van der Waals surface area contributed by atoms with Gasteiger partial charge in [-0.05, 0) is 58.8 Å². The first kappa shape index (κ1) is 13.3. The van der Waals surface area contributed by atoms with Crippen LogP contribution in [0.1, 0.15) is 46.0 Å². The van der Waals surface area contributed by atoms with Gasteiger partial charge in [-0.15, -0.1) is 0 Å². The summed E-state index contributed by atoms with van der Waals surface area (Å²) in [5.74, 6) is 0. The lowest BCUT2D eigenvalue weighted by Crippen LogP contribution is -2.62. The Labute approximate surface area is 106 Å². The molecule has 3 nitrogen and oxygen atoms in total. The van der Waals surface area contributed by atoms with Crippen LogP contribution < -0.4 is 5.73 Å². The Morgan fingerprint density at radius 1 is 1.18 bits per heavy atom. The van der Waals surface area contributed by atoms with Crippen molar-refractivity contribution in [2.24, 2.45) is 5.73 Å². The third-order valence-corrected chi connectivity index (χ3v) is 5.03. The van der Waals surface area contributed by atoms with Crippen molar-refractivity contribution in [2.45, 2.75) is 57.5 Å². The monoisotopic (exact) mass is 239 g/mol. The highest BCUT2D eigenvalue weighted by Crippen LogP contribution is 2.33. The molecule has 2 aliphatic heterocycles. The van der Waals surface area contributed by atoms with Crippen LogP contribution in [0.2, 0.25) is 0 Å². The van der Waals surface area contributed by atoms with E-state index in [2.05, 4.69) is 23.6 Å². The van der Waals surface area contributed by atoms with Crippen molar-refractivity contribution in [1.82, 2.24) is 9.80 Å². The van der Waals surface area contributed by atoms with E-state index in [9.17, 15) is 0 Å². The summed E-state index contributed by atoms with van der Waals surface area (Å²) < 4.78 is 0. The summed E-state index contributed by atoms with van der Waals surface area (Å²) >= 11 is 0. The van der Waals surface area contributed by atoms with Crippen LogP contribution in [0.5, 0.6) is 0 Å². The Balaban J connectivity index is 2.03. The summed E-state index contributed by atoms with van der Waals surface area (Å²) in [5, 5.41) is 0. The van der Waals surface area contributed by atoms with Gasteiger partial charge in [0.15, 0.2) is 0 Å². The molecule has 1 unspecified atom stereocenters. The minimum Gasteiger partial charge on any atom is -0.329 e. The fraction of sp³-hybridized carbons (Fsp3) is 1.00. The van der Waals surface area contributed by atoms with Crippen LogP contribution in [-0.2, 0) is 0 Å². The second kappa shape index (κ2) is 5.68. The lowest BCUT2D eigenvalue weighted by molar-refractivity contribution is -0.0140. The van der Waals surface area contributed by atoms with Gasteiger partial charge < -0.3 is 10.6 Å². The molecule has 2 saturated heterocycles. The molecule has 0 aliphatic carbocycles. The maximum Gasteiger partial charge on any atom is 0.0358 e. The van der Waals surface area contributed by atoms with Gasteiger partial charge in [-0.3, -0.25) is 4.90 Å². The third kappa shape index (κ3) is 2.67. The zero-order valence-corrected chi connectivity index (χ0v) is 11.6. The molecule has 0 radical (unpaired) electrons. The lowest BCUT2D eigenvalue weighted by atomic mass is 9.82. The maximum absolute atomic E-state index is 6.16. The highest BCUT2D eigenvalue weighted by molar-refractivity contribution is 4.98. The summed E-state index contributed by atoms with van der Waals surface area (Å²) in [6, 6.07) is 0.737. The predicted octanol–water partition coefficient (Wildman–Crippen LogP) is 1.67. The predicted molar refractivity (Wildman–Crippen MR) is 73.2 cm³/mol. The number of likely N-dealkylation sites (tertiary alicyclic amines) is 2. The first-order valence-electron chi connectivity index (χ1n) is 7.41. The number of piperidine rings is 2. The molecule has 0 aromatic carbocycles. The van der Waals surface area contributed by atoms with Gasteiger partial charge in [-0.25, -0.2) is 0 Å². The Morgan fingerprint density at radius 3 is 2.41 bits per heavy atom. The number of hydrogen-bond acceptors (Lipinski definition) is 3. The van der Waals surface area contributed by atoms with Crippen LogP contribution in [0.25, 0.3) is 0 Å². The minimum atomic E-state index is 0.311. The number of nitrogens with two attached hydrogens (primary N) is 1. The first-order chi connectivity index (χ1) is 8.22. The highest BCUT2D eigenvalue weighted by atomic mass is 15.3. The molecule has 2 fully saturated rings. The van der Waals surface area contributed by atoms with E-state index in [-0.39, 0.29) is 0 Å². The van der Waals surface area contributed by atoms with Crippen molar-refractivity contribution in [1.29, 1.82) is 0 Å². The second-order valence-electron chi connectivity index (χ2n) is 5.90. The Bertz CT molecular complexity index is 234. The molecule has 0 amide bonds. The molecule has 2 heterocycles. The van der Waals surface area contributed by atoms with E-state index in [0.717, 1.165) is 12.6 Å². The van der Waals surface area contributed by atoms with Gasteiger partial charge in [0.05, 0.1) is 0 Å². The van der Waals surface area contributed by atoms with Gasteiger partial charge in [-0.2, -0.15) is 0 Å². The smallest absolute Gasteiger partial charge is 0.0358 e. The van der Waals surface area contributed by atoms with Gasteiger partial charge in [0, 0.05) is 18.1 Å². The molecule has 2 N–H and O–H groups in total. The zero-order chi connectivity index (χ0) is 12.3. The Kier molecular flexibility index (Phi) is 4.45. The highest BCUT2D eigenvalue weighted by Gasteiger charge is 2.41. The summed E-state index contributed by atoms with van der Waals surface area (Å²) in [5.41, 5.74) is 6.47. The molecule has 0 spiro atoms. The molecular weight excluding hydrogens is 210 g/mol. The van der Waals surface area contributed by atoms with Crippen LogP contribution in [-0.4, -0.2) is 54.1 Å². The summed E-state index contributed by atoms with van der Waals surface area (Å²) in [7, 11) is 0. The molecule has 2 aliphatic rings. The largest absolute Gasteiger partial charge is 0.329 e. The maximum atomic E-state index is 6.16. The van der Waals surface area contributed by atoms with Crippen LogP contribution in [0.4, 0.5) is 0 Å². The average molecular weight is 239 g/mol. The number of rotatable bonds is 3. The fourth-order valence-electron chi connectivity index (χ4n) is 3.70. The van der Waals surface area contributed by atoms with E-state index in [1.54, 1.807) is 0 Å². The molecular formula is C14H29N3. The summed E-state index contributed by atoms with van der Waals surface area (Å²) in [6.07, 6.45) is 6.66. The van der Waals surface area contributed by atoms with Crippen LogP contribution in [0.3, 0.4) is 0 Å². The molecule has 0 aromatic heterocycles. The van der Waals surface area contributed by atoms with E-state index in [1.165, 1.54) is 58.3 Å². The van der Waals surface area contributed by atoms with Crippen molar-refractivity contribution in [2.75, 3.05) is 32.7 Å². The quantitative estimate of drug-likeness (QED) is 0.813. The van der Waals surface area contributed by atoms with Crippen molar-refractivity contribution >= 4 is 0 Å². The number of hydrogen-bond donors (Lipinski definition) is 1. The van der Waals surface area contributed by atoms with E-state index >= 15 is 0 Å². The Hall–Kier alpha value is -0.120. The summed E-state index contributed by atoms with van der Waals surface area (Å²) in [6.45, 7) is 10.4. The Morgan fingerprint density at radius 2 is 1.88 bits per heavy atom. The van der Waals surface area contributed by atoms with Gasteiger partial charge >= 0.3 is 0 Å². The standard InChI is InChI=1S/C14H29N3/c1-3-16-10-7-14(12-15,8-11-16)17-9-5-4-6-13(17)2/h13H,3-12,15H2,1-2H3. The molecule has 0 bridgehead atoms. The zero-order valence-electron chi connectivity index (χ0n) is 11.6. The van der Waals surface area contributed by atoms with Crippen molar-refractivity contribution in [3.8, 4) is 0 Å². The number of nitrogens with zero attached hydrogens (tertiary/aromatic N) is 2. The molecule has 100 valence electrons. The molecule has 17 heavy (non-hydrogen) atoms. The third-order valence-electron chi connectivity index (χ3n) is 5.03. The second-order valence-corrected chi connectivity index (χ2v) is 5.90. The topological polar surface area (TPSA) is 32.5 Å². The van der Waals surface area contributed by atoms with Crippen molar-refractivity contribution in [3.05, 3.63) is 0 Å². The SMILES string of the molecule is CCN1CCC(CN)(N2CCCCC2C)CC1. The first-order valence-corrected chi connectivity index (χ1v) is 7.41. The average Bonchev–Trinajstić information content (AvgIpc) is 2.39. The van der Waals surface area contributed by atoms with Crippen molar-refractivity contribution in [3.63, 3.8) is 0 Å².